The number of aromatic amines is 1. The molecule has 5 heteroatoms. The number of aryl methyl sites for hydroxylation is 1. The minimum absolute atomic E-state index is 0.679. The molecule has 0 saturated heterocycles. The van der Waals surface area contributed by atoms with E-state index in [1.165, 1.54) is 5.56 Å². The van der Waals surface area contributed by atoms with E-state index in [0.717, 1.165) is 26.9 Å². The summed E-state index contributed by atoms with van der Waals surface area (Å²) in [4.78, 5) is 3.27. The zero-order valence-electron chi connectivity index (χ0n) is 11.1. The van der Waals surface area contributed by atoms with Gasteiger partial charge in [-0.1, -0.05) is 12.1 Å². The molecule has 0 saturated carbocycles. The molecule has 3 nitrogen and oxygen atoms in total. The van der Waals surface area contributed by atoms with Gasteiger partial charge in [0.15, 0.2) is 4.77 Å². The summed E-state index contributed by atoms with van der Waals surface area (Å²) < 4.78 is 8.98. The molecule has 2 aromatic carbocycles. The minimum atomic E-state index is 0.679. The van der Waals surface area contributed by atoms with Crippen LogP contribution in [-0.2, 0) is 0 Å². The molecule has 1 heterocycles. The molecule has 1 N–H and O–H groups in total. The first-order valence-corrected chi connectivity index (χ1v) is 7.36. The van der Waals surface area contributed by atoms with E-state index in [9.17, 15) is 0 Å². The van der Waals surface area contributed by atoms with Crippen molar-refractivity contribution >= 4 is 39.2 Å². The Morgan fingerprint density at radius 2 is 2.05 bits per heavy atom. The maximum absolute atomic E-state index is 5.46. The van der Waals surface area contributed by atoms with Crippen LogP contribution >= 0.6 is 28.1 Å². The predicted molar refractivity (Wildman–Crippen MR) is 87.4 cm³/mol. The fourth-order valence-electron chi connectivity index (χ4n) is 2.32. The Hall–Kier alpha value is -1.59. The molecule has 0 amide bonds. The van der Waals surface area contributed by atoms with Gasteiger partial charge in [-0.2, -0.15) is 0 Å². The van der Waals surface area contributed by atoms with Gasteiger partial charge in [0.05, 0.1) is 28.3 Å². The summed E-state index contributed by atoms with van der Waals surface area (Å²) in [6, 6.07) is 12.1. The fraction of sp³-hybridized carbons (Fsp3) is 0.133. The van der Waals surface area contributed by atoms with Crippen molar-refractivity contribution in [3.63, 3.8) is 0 Å². The quantitative estimate of drug-likeness (QED) is 0.676. The Morgan fingerprint density at radius 1 is 1.25 bits per heavy atom. The molecule has 1 aromatic heterocycles. The van der Waals surface area contributed by atoms with Crippen LogP contribution in [0.1, 0.15) is 5.56 Å². The summed E-state index contributed by atoms with van der Waals surface area (Å²) >= 11 is 8.93. The third-order valence-electron chi connectivity index (χ3n) is 3.32. The van der Waals surface area contributed by atoms with E-state index >= 15 is 0 Å². The molecule has 0 fully saturated rings. The SMILES string of the molecule is COc1cc(-n2c(=S)[nH]c3c(C)cccc32)ccc1Br. The molecule has 0 bridgehead atoms. The highest BCUT2D eigenvalue weighted by Gasteiger charge is 2.10. The number of hydrogen-bond donors (Lipinski definition) is 1. The van der Waals surface area contributed by atoms with Crippen LogP contribution in [0.15, 0.2) is 40.9 Å². The molecule has 20 heavy (non-hydrogen) atoms. The number of ether oxygens (including phenoxy) is 1. The van der Waals surface area contributed by atoms with Gasteiger partial charge >= 0.3 is 0 Å². The number of hydrogen-bond acceptors (Lipinski definition) is 2. The van der Waals surface area contributed by atoms with Crippen molar-refractivity contribution in [2.75, 3.05) is 7.11 Å². The molecular formula is C15H13BrN2OS. The van der Waals surface area contributed by atoms with Crippen LogP contribution in [0.4, 0.5) is 0 Å². The predicted octanol–water partition coefficient (Wildman–Crippen LogP) is 4.77. The lowest BCUT2D eigenvalue weighted by atomic mass is 10.2. The zero-order valence-corrected chi connectivity index (χ0v) is 13.5. The summed E-state index contributed by atoms with van der Waals surface area (Å²) in [5.74, 6) is 0.784. The van der Waals surface area contributed by atoms with Crippen molar-refractivity contribution in [2.24, 2.45) is 0 Å². The van der Waals surface area contributed by atoms with Gasteiger partial charge in [0, 0.05) is 6.07 Å². The smallest absolute Gasteiger partial charge is 0.182 e. The van der Waals surface area contributed by atoms with Crippen LogP contribution < -0.4 is 4.74 Å². The van der Waals surface area contributed by atoms with Gasteiger partial charge in [-0.25, -0.2) is 0 Å². The summed E-state index contributed by atoms with van der Waals surface area (Å²) in [5.41, 5.74) is 4.29. The summed E-state index contributed by atoms with van der Waals surface area (Å²) in [6.45, 7) is 2.07. The van der Waals surface area contributed by atoms with Crippen molar-refractivity contribution in [3.05, 3.63) is 51.2 Å². The maximum Gasteiger partial charge on any atom is 0.182 e. The lowest BCUT2D eigenvalue weighted by molar-refractivity contribution is 0.412. The van der Waals surface area contributed by atoms with Crippen molar-refractivity contribution in [1.82, 2.24) is 9.55 Å². The molecular weight excluding hydrogens is 336 g/mol. The van der Waals surface area contributed by atoms with Crippen molar-refractivity contribution in [3.8, 4) is 11.4 Å². The topological polar surface area (TPSA) is 29.9 Å². The molecule has 0 aliphatic rings. The molecule has 0 unspecified atom stereocenters. The number of methoxy groups -OCH3 is 1. The Kier molecular flexibility index (Phi) is 3.40. The standard InChI is InChI=1S/C15H13BrN2OS/c1-9-4-3-5-12-14(9)17-15(20)18(12)10-6-7-11(16)13(8-10)19-2/h3-8H,1-2H3,(H,17,20). The monoisotopic (exact) mass is 348 g/mol. The fourth-order valence-corrected chi connectivity index (χ4v) is 3.03. The summed E-state index contributed by atoms with van der Waals surface area (Å²) in [6.07, 6.45) is 0. The summed E-state index contributed by atoms with van der Waals surface area (Å²) in [7, 11) is 1.66. The molecule has 0 aliphatic carbocycles. The molecule has 3 aromatic rings. The number of imidazole rings is 1. The van der Waals surface area contributed by atoms with Crippen LogP contribution in [0.25, 0.3) is 16.7 Å². The van der Waals surface area contributed by atoms with Gasteiger partial charge in [0.2, 0.25) is 0 Å². The number of fused-ring (bicyclic) bond motifs is 1. The largest absolute Gasteiger partial charge is 0.495 e. The highest BCUT2D eigenvalue weighted by Crippen LogP contribution is 2.29. The Labute approximate surface area is 130 Å². The van der Waals surface area contributed by atoms with E-state index in [1.54, 1.807) is 7.11 Å². The number of H-pyrrole nitrogens is 1. The average molecular weight is 349 g/mol. The summed E-state index contributed by atoms with van der Waals surface area (Å²) in [5, 5.41) is 0. The third kappa shape index (κ3) is 2.07. The highest BCUT2D eigenvalue weighted by molar-refractivity contribution is 9.10. The second kappa shape index (κ2) is 5.07. The van der Waals surface area contributed by atoms with Crippen LogP contribution in [-0.4, -0.2) is 16.7 Å². The lowest BCUT2D eigenvalue weighted by Crippen LogP contribution is -1.95. The van der Waals surface area contributed by atoms with Gasteiger partial charge in [0.1, 0.15) is 5.75 Å². The molecule has 3 rings (SSSR count). The van der Waals surface area contributed by atoms with Crippen molar-refractivity contribution in [1.29, 1.82) is 0 Å². The normalized spacial score (nSPS) is 10.9. The van der Waals surface area contributed by atoms with Crippen LogP contribution in [0.2, 0.25) is 0 Å². The average Bonchev–Trinajstić information content (AvgIpc) is 2.77. The van der Waals surface area contributed by atoms with Gasteiger partial charge in [-0.3, -0.25) is 4.57 Å². The Bertz CT molecular complexity index is 851. The van der Waals surface area contributed by atoms with Crippen LogP contribution in [0, 0.1) is 11.7 Å². The number of benzene rings is 2. The second-order valence-electron chi connectivity index (χ2n) is 4.55. The van der Waals surface area contributed by atoms with Gasteiger partial charge in [-0.05, 0) is 58.8 Å². The molecule has 0 atom stereocenters. The van der Waals surface area contributed by atoms with E-state index in [4.69, 9.17) is 17.0 Å². The van der Waals surface area contributed by atoms with E-state index in [2.05, 4.69) is 40.0 Å². The highest BCUT2D eigenvalue weighted by atomic mass is 79.9. The van der Waals surface area contributed by atoms with Gasteiger partial charge in [0.25, 0.3) is 0 Å². The molecule has 0 aliphatic heterocycles. The number of para-hydroxylation sites is 1. The molecule has 102 valence electrons. The third-order valence-corrected chi connectivity index (χ3v) is 4.26. The van der Waals surface area contributed by atoms with Crippen LogP contribution in [0.3, 0.4) is 0 Å². The number of nitrogens with one attached hydrogen (secondary N) is 1. The van der Waals surface area contributed by atoms with E-state index in [-0.39, 0.29) is 0 Å². The van der Waals surface area contributed by atoms with E-state index in [0.29, 0.717) is 4.77 Å². The maximum atomic E-state index is 5.46. The number of halogens is 1. The zero-order chi connectivity index (χ0) is 14.3. The molecule has 0 radical (unpaired) electrons. The number of rotatable bonds is 2. The first-order valence-electron chi connectivity index (χ1n) is 6.16. The first-order chi connectivity index (χ1) is 9.61. The number of aromatic nitrogens is 2. The Balaban J connectivity index is 2.32. The van der Waals surface area contributed by atoms with E-state index < -0.39 is 0 Å². The lowest BCUT2D eigenvalue weighted by Gasteiger charge is -2.08. The first kappa shape index (κ1) is 13.4. The van der Waals surface area contributed by atoms with Crippen molar-refractivity contribution in [2.45, 2.75) is 6.92 Å². The van der Waals surface area contributed by atoms with Crippen molar-refractivity contribution < 1.29 is 4.74 Å². The minimum Gasteiger partial charge on any atom is -0.495 e. The van der Waals surface area contributed by atoms with Gasteiger partial charge in [-0.15, -0.1) is 0 Å². The van der Waals surface area contributed by atoms with Crippen LogP contribution in [0.5, 0.6) is 5.75 Å². The Morgan fingerprint density at radius 3 is 2.80 bits per heavy atom. The second-order valence-corrected chi connectivity index (χ2v) is 5.79. The van der Waals surface area contributed by atoms with Gasteiger partial charge < -0.3 is 9.72 Å². The number of nitrogens with zero attached hydrogens (tertiary/aromatic N) is 1. The molecule has 0 spiro atoms. The van der Waals surface area contributed by atoms with E-state index in [1.807, 2.05) is 28.8 Å².